The van der Waals surface area contributed by atoms with Crippen LogP contribution in [0.2, 0.25) is 0 Å². The predicted molar refractivity (Wildman–Crippen MR) is 123 cm³/mol. The molecule has 0 aliphatic heterocycles. The zero-order valence-electron chi connectivity index (χ0n) is 19.3. The Labute approximate surface area is 188 Å². The Morgan fingerprint density at radius 1 is 0.806 bits per heavy atom. The van der Waals surface area contributed by atoms with Crippen molar-refractivity contribution in [3.63, 3.8) is 0 Å². The molecule has 0 unspecified atom stereocenters. The lowest BCUT2D eigenvalue weighted by Gasteiger charge is -2.34. The van der Waals surface area contributed by atoms with E-state index in [-0.39, 0.29) is 24.1 Å². The van der Waals surface area contributed by atoms with Crippen LogP contribution in [0.1, 0.15) is 102 Å². The molecular formula is C27H40O4. The van der Waals surface area contributed by atoms with Gasteiger partial charge in [0.15, 0.2) is 5.41 Å². The van der Waals surface area contributed by atoms with Gasteiger partial charge in [0, 0.05) is 0 Å². The van der Waals surface area contributed by atoms with Crippen molar-refractivity contribution in [3.05, 3.63) is 35.9 Å². The maximum Gasteiger partial charge on any atom is 0.324 e. The summed E-state index contributed by atoms with van der Waals surface area (Å²) in [6.45, 7) is 2.14. The Bertz CT molecular complexity index is 640. The highest BCUT2D eigenvalue weighted by Crippen LogP contribution is 2.36. The van der Waals surface area contributed by atoms with Crippen molar-refractivity contribution in [1.29, 1.82) is 0 Å². The molecule has 2 saturated carbocycles. The Morgan fingerprint density at radius 3 is 1.81 bits per heavy atom. The first-order valence-corrected chi connectivity index (χ1v) is 12.6. The molecule has 1 aromatic rings. The van der Waals surface area contributed by atoms with Crippen molar-refractivity contribution in [3.8, 4) is 0 Å². The van der Waals surface area contributed by atoms with Crippen LogP contribution in [-0.2, 0) is 25.5 Å². The molecule has 2 aliphatic carbocycles. The molecule has 0 radical (unpaired) electrons. The first-order valence-electron chi connectivity index (χ1n) is 12.6. The highest BCUT2D eigenvalue weighted by atomic mass is 16.6. The lowest BCUT2D eigenvalue weighted by molar-refractivity contribution is -0.181. The summed E-state index contributed by atoms with van der Waals surface area (Å²) in [4.78, 5) is 27.4. The molecular weight excluding hydrogens is 388 g/mol. The molecule has 172 valence electrons. The summed E-state index contributed by atoms with van der Waals surface area (Å²) < 4.78 is 12.1. The van der Waals surface area contributed by atoms with Gasteiger partial charge in [0.25, 0.3) is 0 Å². The van der Waals surface area contributed by atoms with Gasteiger partial charge in [-0.15, -0.1) is 0 Å². The zero-order chi connectivity index (χ0) is 21.9. The number of ether oxygens (including phenoxy) is 2. The van der Waals surface area contributed by atoms with Crippen LogP contribution in [-0.4, -0.2) is 24.1 Å². The molecule has 31 heavy (non-hydrogen) atoms. The molecule has 0 spiro atoms. The van der Waals surface area contributed by atoms with Gasteiger partial charge in [-0.25, -0.2) is 0 Å². The quantitative estimate of drug-likeness (QED) is 0.241. The second-order valence-corrected chi connectivity index (χ2v) is 9.53. The molecule has 0 bridgehead atoms. The van der Waals surface area contributed by atoms with E-state index in [4.69, 9.17) is 9.47 Å². The Hall–Kier alpha value is -1.84. The average molecular weight is 429 g/mol. The summed E-state index contributed by atoms with van der Waals surface area (Å²) in [5.74, 6) is -0.722. The Morgan fingerprint density at radius 2 is 1.32 bits per heavy atom. The summed E-state index contributed by atoms with van der Waals surface area (Å²) in [6, 6.07) is 9.88. The number of unbranched alkanes of at least 4 members (excludes halogenated alkanes) is 2. The van der Waals surface area contributed by atoms with Crippen molar-refractivity contribution >= 4 is 11.9 Å². The smallest absolute Gasteiger partial charge is 0.324 e. The number of carbonyl (C=O) groups excluding carboxylic acids is 2. The lowest BCUT2D eigenvalue weighted by Crippen LogP contribution is -2.46. The normalized spacial score (nSPS) is 18.5. The molecule has 0 atom stereocenters. The molecule has 4 nitrogen and oxygen atoms in total. The topological polar surface area (TPSA) is 52.6 Å². The molecule has 2 fully saturated rings. The number of hydrogen-bond acceptors (Lipinski definition) is 4. The highest BCUT2D eigenvalue weighted by molar-refractivity contribution is 6.00. The van der Waals surface area contributed by atoms with E-state index in [1.54, 1.807) is 0 Å². The van der Waals surface area contributed by atoms with E-state index in [9.17, 15) is 9.59 Å². The van der Waals surface area contributed by atoms with E-state index in [1.165, 1.54) is 12.8 Å². The minimum atomic E-state index is -1.24. The summed E-state index contributed by atoms with van der Waals surface area (Å²) in [6.07, 6.45) is 13.9. The van der Waals surface area contributed by atoms with Gasteiger partial charge in [-0.05, 0) is 69.8 Å². The van der Waals surface area contributed by atoms with Crippen molar-refractivity contribution in [1.82, 2.24) is 0 Å². The second-order valence-electron chi connectivity index (χ2n) is 9.53. The fourth-order valence-corrected chi connectivity index (χ4v) is 5.04. The van der Waals surface area contributed by atoms with Crippen molar-refractivity contribution in [2.24, 2.45) is 5.41 Å². The molecule has 4 heteroatoms. The highest BCUT2D eigenvalue weighted by Gasteiger charge is 2.50. The molecule has 2 aliphatic rings. The summed E-state index contributed by atoms with van der Waals surface area (Å²) in [5.41, 5.74) is -0.258. The third kappa shape index (κ3) is 6.82. The third-order valence-corrected chi connectivity index (χ3v) is 6.99. The van der Waals surface area contributed by atoms with Crippen LogP contribution in [0, 0.1) is 5.41 Å². The summed E-state index contributed by atoms with van der Waals surface area (Å²) in [7, 11) is 0. The Kier molecular flexibility index (Phi) is 9.42. The van der Waals surface area contributed by atoms with E-state index < -0.39 is 5.41 Å². The largest absolute Gasteiger partial charge is 0.462 e. The zero-order valence-corrected chi connectivity index (χ0v) is 19.3. The monoisotopic (exact) mass is 428 g/mol. The SMILES string of the molecule is CCCCCC(Cc1ccccc1)(C(=O)OC1CCCCC1)C(=O)OC1CCCCC1. The molecule has 1 aromatic carbocycles. The van der Waals surface area contributed by atoms with Crippen LogP contribution >= 0.6 is 0 Å². The maximum absolute atomic E-state index is 13.7. The van der Waals surface area contributed by atoms with Crippen LogP contribution in [0.25, 0.3) is 0 Å². The van der Waals surface area contributed by atoms with Gasteiger partial charge in [-0.2, -0.15) is 0 Å². The van der Waals surface area contributed by atoms with Crippen LogP contribution < -0.4 is 0 Å². The van der Waals surface area contributed by atoms with E-state index in [0.717, 1.165) is 76.2 Å². The van der Waals surface area contributed by atoms with E-state index >= 15 is 0 Å². The van der Waals surface area contributed by atoms with E-state index in [2.05, 4.69) is 6.92 Å². The number of hydrogen-bond donors (Lipinski definition) is 0. The first-order chi connectivity index (χ1) is 15.1. The van der Waals surface area contributed by atoms with Crippen molar-refractivity contribution in [2.45, 2.75) is 115 Å². The standard InChI is InChI=1S/C27H40O4/c1-2-3-13-20-27(21-22-14-7-4-8-15-22,25(28)30-23-16-9-5-10-17-23)26(29)31-24-18-11-6-12-19-24/h4,7-8,14-15,23-24H,2-3,5-6,9-13,16-21H2,1H3. The van der Waals surface area contributed by atoms with Gasteiger partial charge in [0.05, 0.1) is 0 Å². The van der Waals surface area contributed by atoms with E-state index in [1.807, 2.05) is 30.3 Å². The van der Waals surface area contributed by atoms with Crippen LogP contribution in [0.4, 0.5) is 0 Å². The minimum absolute atomic E-state index is 0.0648. The Balaban J connectivity index is 1.85. The molecule has 0 saturated heterocycles. The number of rotatable bonds is 10. The number of esters is 2. The van der Waals surface area contributed by atoms with Crippen LogP contribution in [0.5, 0.6) is 0 Å². The van der Waals surface area contributed by atoms with Crippen LogP contribution in [0.3, 0.4) is 0 Å². The number of carbonyl (C=O) groups is 2. The van der Waals surface area contributed by atoms with Crippen molar-refractivity contribution < 1.29 is 19.1 Å². The fourth-order valence-electron chi connectivity index (χ4n) is 5.04. The van der Waals surface area contributed by atoms with Gasteiger partial charge in [0.2, 0.25) is 0 Å². The van der Waals surface area contributed by atoms with Gasteiger partial charge in [-0.1, -0.05) is 69.4 Å². The summed E-state index contributed by atoms with van der Waals surface area (Å²) >= 11 is 0. The molecule has 0 heterocycles. The maximum atomic E-state index is 13.7. The summed E-state index contributed by atoms with van der Waals surface area (Å²) in [5, 5.41) is 0. The fraction of sp³-hybridized carbons (Fsp3) is 0.704. The molecule has 3 rings (SSSR count). The van der Waals surface area contributed by atoms with E-state index in [0.29, 0.717) is 12.8 Å². The third-order valence-electron chi connectivity index (χ3n) is 6.99. The van der Waals surface area contributed by atoms with Gasteiger partial charge in [-0.3, -0.25) is 9.59 Å². The predicted octanol–water partition coefficient (Wildman–Crippen LogP) is 6.55. The van der Waals surface area contributed by atoms with Gasteiger partial charge in [0.1, 0.15) is 12.2 Å². The lowest BCUT2D eigenvalue weighted by atomic mass is 9.76. The number of benzene rings is 1. The molecule has 0 aromatic heterocycles. The van der Waals surface area contributed by atoms with Gasteiger partial charge >= 0.3 is 11.9 Å². The molecule has 0 amide bonds. The van der Waals surface area contributed by atoms with Crippen molar-refractivity contribution in [2.75, 3.05) is 0 Å². The average Bonchev–Trinajstić information content (AvgIpc) is 2.80. The first kappa shape index (κ1) is 23.8. The minimum Gasteiger partial charge on any atom is -0.462 e. The second kappa shape index (κ2) is 12.3. The van der Waals surface area contributed by atoms with Crippen LogP contribution in [0.15, 0.2) is 30.3 Å². The van der Waals surface area contributed by atoms with Gasteiger partial charge < -0.3 is 9.47 Å². The molecule has 0 N–H and O–H groups in total.